The number of alkyl halides is 2. The van der Waals surface area contributed by atoms with E-state index in [1.165, 1.54) is 0 Å². The van der Waals surface area contributed by atoms with Crippen molar-refractivity contribution in [2.75, 3.05) is 31.1 Å². The van der Waals surface area contributed by atoms with E-state index >= 15 is 0 Å². The second-order valence-electron chi connectivity index (χ2n) is 10.7. The topological polar surface area (TPSA) is 94.4 Å². The van der Waals surface area contributed by atoms with Crippen molar-refractivity contribution in [2.24, 2.45) is 0 Å². The summed E-state index contributed by atoms with van der Waals surface area (Å²) < 4.78 is 33.0. The summed E-state index contributed by atoms with van der Waals surface area (Å²) in [6.07, 6.45) is 4.90. The van der Waals surface area contributed by atoms with Crippen LogP contribution in [0.3, 0.4) is 0 Å². The number of halogens is 3. The molecule has 0 spiro atoms. The van der Waals surface area contributed by atoms with Gasteiger partial charge in [0.25, 0.3) is 11.8 Å². The van der Waals surface area contributed by atoms with E-state index in [2.05, 4.69) is 25.3 Å². The predicted octanol–water partition coefficient (Wildman–Crippen LogP) is 4.82. The molecule has 0 radical (unpaired) electrons. The fourth-order valence-electron chi connectivity index (χ4n) is 5.73. The van der Waals surface area contributed by atoms with Gasteiger partial charge in [0.15, 0.2) is 11.5 Å². The lowest BCUT2D eigenvalue weighted by atomic mass is 9.93. The Morgan fingerprint density at radius 2 is 1.74 bits per heavy atom. The molecule has 2 saturated heterocycles. The number of likely N-dealkylation sites (tertiary alicyclic amines) is 1. The lowest BCUT2D eigenvalue weighted by Gasteiger charge is -2.41. The third kappa shape index (κ3) is 6.95. The molecule has 208 valence electrons. The largest absolute Gasteiger partial charge is 0.490 e. The minimum Gasteiger partial charge on any atom is -0.490 e. The SMILES string of the molecule is N#Cc1ccc(OC2CCC(NC(=O)c3ccc(N4CCC(N5CCC(F)(F)CC5)CC4)nn3)CC2)cc1Cl. The third-order valence-corrected chi connectivity index (χ3v) is 8.40. The molecule has 8 nitrogen and oxygen atoms in total. The molecular formula is C28H33ClF2N6O2. The molecule has 2 aromatic rings. The summed E-state index contributed by atoms with van der Waals surface area (Å²) in [6.45, 7) is 2.50. The van der Waals surface area contributed by atoms with Gasteiger partial charge in [-0.3, -0.25) is 9.69 Å². The van der Waals surface area contributed by atoms with E-state index < -0.39 is 5.92 Å². The molecule has 3 heterocycles. The van der Waals surface area contributed by atoms with Crippen molar-refractivity contribution in [3.05, 3.63) is 46.6 Å². The van der Waals surface area contributed by atoms with Crippen LogP contribution < -0.4 is 15.0 Å². The molecule has 1 aliphatic carbocycles. The fraction of sp³-hybridized carbons (Fsp3) is 0.571. The number of nitrogens with zero attached hydrogens (tertiary/aromatic N) is 5. The first-order chi connectivity index (χ1) is 18.8. The Bertz CT molecular complexity index is 1180. The highest BCUT2D eigenvalue weighted by Gasteiger charge is 2.37. The van der Waals surface area contributed by atoms with Gasteiger partial charge in [-0.25, -0.2) is 8.78 Å². The third-order valence-electron chi connectivity index (χ3n) is 8.09. The van der Waals surface area contributed by atoms with Crippen molar-refractivity contribution < 1.29 is 18.3 Å². The number of nitrogens with one attached hydrogen (secondary N) is 1. The Morgan fingerprint density at radius 3 is 2.36 bits per heavy atom. The molecule has 1 aromatic heterocycles. The van der Waals surface area contributed by atoms with E-state index in [-0.39, 0.29) is 36.6 Å². The zero-order chi connectivity index (χ0) is 27.4. The molecule has 1 saturated carbocycles. The number of carbonyl (C=O) groups excluding carboxylic acids is 1. The van der Waals surface area contributed by atoms with Crippen LogP contribution in [0.15, 0.2) is 30.3 Å². The van der Waals surface area contributed by atoms with Gasteiger partial charge in [-0.15, -0.1) is 10.2 Å². The predicted molar refractivity (Wildman–Crippen MR) is 143 cm³/mol. The molecule has 1 aromatic carbocycles. The molecular weight excluding hydrogens is 526 g/mol. The van der Waals surface area contributed by atoms with Crippen molar-refractivity contribution in [2.45, 2.75) is 75.5 Å². The normalized spacial score (nSPS) is 24.1. The summed E-state index contributed by atoms with van der Waals surface area (Å²) >= 11 is 6.10. The van der Waals surface area contributed by atoms with Crippen LogP contribution in [0.4, 0.5) is 14.6 Å². The Hall–Kier alpha value is -3.03. The maximum atomic E-state index is 13.5. The molecule has 0 bridgehead atoms. The summed E-state index contributed by atoms with van der Waals surface area (Å²) in [4.78, 5) is 17.1. The summed E-state index contributed by atoms with van der Waals surface area (Å²) in [6, 6.07) is 11.0. The Kier molecular flexibility index (Phi) is 8.48. The van der Waals surface area contributed by atoms with Crippen LogP contribution in [0.1, 0.15) is 67.4 Å². The molecule has 0 atom stereocenters. The quantitative estimate of drug-likeness (QED) is 0.543. The zero-order valence-corrected chi connectivity index (χ0v) is 22.5. The molecule has 3 fully saturated rings. The number of nitriles is 1. The lowest BCUT2D eigenvalue weighted by molar-refractivity contribution is -0.0646. The van der Waals surface area contributed by atoms with Gasteiger partial charge in [0.2, 0.25) is 0 Å². The first-order valence-corrected chi connectivity index (χ1v) is 14.1. The molecule has 1 N–H and O–H groups in total. The number of piperidine rings is 2. The summed E-state index contributed by atoms with van der Waals surface area (Å²) in [5.74, 6) is -1.38. The Labute approximate surface area is 232 Å². The number of hydrogen-bond donors (Lipinski definition) is 1. The van der Waals surface area contributed by atoms with Crippen LogP contribution in [-0.4, -0.2) is 71.3 Å². The van der Waals surface area contributed by atoms with E-state index in [4.69, 9.17) is 21.6 Å². The molecule has 2 aliphatic heterocycles. The van der Waals surface area contributed by atoms with Crippen molar-refractivity contribution in [1.82, 2.24) is 20.4 Å². The van der Waals surface area contributed by atoms with Crippen LogP contribution in [0.25, 0.3) is 0 Å². The summed E-state index contributed by atoms with van der Waals surface area (Å²) in [5, 5.41) is 20.9. The minimum atomic E-state index is -2.52. The number of ether oxygens (including phenoxy) is 1. The average Bonchev–Trinajstić information content (AvgIpc) is 2.94. The number of hydrogen-bond acceptors (Lipinski definition) is 7. The monoisotopic (exact) mass is 558 g/mol. The van der Waals surface area contributed by atoms with Gasteiger partial charge in [0.05, 0.1) is 16.7 Å². The maximum Gasteiger partial charge on any atom is 0.272 e. The van der Waals surface area contributed by atoms with E-state index in [0.29, 0.717) is 35.5 Å². The number of rotatable bonds is 6. The van der Waals surface area contributed by atoms with Gasteiger partial charge in [-0.2, -0.15) is 5.26 Å². The average molecular weight is 559 g/mol. The summed E-state index contributed by atoms with van der Waals surface area (Å²) in [7, 11) is 0. The number of benzene rings is 1. The van der Waals surface area contributed by atoms with Crippen LogP contribution >= 0.6 is 11.6 Å². The Balaban J connectivity index is 1.05. The smallest absolute Gasteiger partial charge is 0.272 e. The highest BCUT2D eigenvalue weighted by Crippen LogP contribution is 2.31. The van der Waals surface area contributed by atoms with E-state index in [1.54, 1.807) is 24.3 Å². The second-order valence-corrected chi connectivity index (χ2v) is 11.1. The fourth-order valence-corrected chi connectivity index (χ4v) is 5.94. The molecule has 11 heteroatoms. The lowest BCUT2D eigenvalue weighted by Crippen LogP contribution is -2.49. The zero-order valence-electron chi connectivity index (χ0n) is 21.8. The first-order valence-electron chi connectivity index (χ1n) is 13.7. The highest BCUT2D eigenvalue weighted by atomic mass is 35.5. The van der Waals surface area contributed by atoms with Gasteiger partial charge in [-0.1, -0.05) is 11.6 Å². The molecule has 1 amide bonds. The van der Waals surface area contributed by atoms with E-state index in [1.807, 2.05) is 12.1 Å². The highest BCUT2D eigenvalue weighted by molar-refractivity contribution is 6.31. The second kappa shape index (κ2) is 12.0. The standard InChI is InChI=1S/C28H33ClF2N6O2/c29-24-17-23(4-1-19(24)18-32)39-22-5-2-20(3-6-22)33-27(38)25-7-8-26(35-34-25)37-13-9-21(10-14-37)36-15-11-28(30,31)12-16-36/h1,4,7-8,17,20-22H,2-3,5-6,9-16H2,(H,33,38). The van der Waals surface area contributed by atoms with Gasteiger partial charge in [0, 0.05) is 57.2 Å². The van der Waals surface area contributed by atoms with Crippen LogP contribution in [0, 0.1) is 11.3 Å². The van der Waals surface area contributed by atoms with Gasteiger partial charge < -0.3 is 15.0 Å². The number of anilines is 1. The van der Waals surface area contributed by atoms with Crippen LogP contribution in [-0.2, 0) is 0 Å². The van der Waals surface area contributed by atoms with Crippen molar-refractivity contribution in [1.29, 1.82) is 5.26 Å². The van der Waals surface area contributed by atoms with Crippen LogP contribution in [0.5, 0.6) is 5.75 Å². The molecule has 3 aliphatic rings. The van der Waals surface area contributed by atoms with Gasteiger partial charge >= 0.3 is 0 Å². The van der Waals surface area contributed by atoms with Gasteiger partial charge in [-0.05, 0) is 62.8 Å². The van der Waals surface area contributed by atoms with Crippen molar-refractivity contribution >= 4 is 23.3 Å². The molecule has 39 heavy (non-hydrogen) atoms. The molecule has 0 unspecified atom stereocenters. The van der Waals surface area contributed by atoms with E-state index in [9.17, 15) is 13.6 Å². The van der Waals surface area contributed by atoms with E-state index in [0.717, 1.165) is 57.4 Å². The number of aromatic nitrogens is 2. The van der Waals surface area contributed by atoms with Gasteiger partial charge in [0.1, 0.15) is 11.8 Å². The summed E-state index contributed by atoms with van der Waals surface area (Å²) in [5.41, 5.74) is 0.703. The van der Waals surface area contributed by atoms with Crippen LogP contribution in [0.2, 0.25) is 5.02 Å². The maximum absolute atomic E-state index is 13.5. The minimum absolute atomic E-state index is 0.0289. The number of amides is 1. The van der Waals surface area contributed by atoms with Crippen molar-refractivity contribution in [3.63, 3.8) is 0 Å². The first kappa shape index (κ1) is 27.5. The molecule has 5 rings (SSSR count). The number of carbonyl (C=O) groups is 1. The Morgan fingerprint density at radius 1 is 1.03 bits per heavy atom. The van der Waals surface area contributed by atoms with Crippen molar-refractivity contribution in [3.8, 4) is 11.8 Å².